The number of hydrogen-bond donors (Lipinski definition) is 2. The highest BCUT2D eigenvalue weighted by molar-refractivity contribution is 5.79. The number of hydrogen-bond acceptors (Lipinski definition) is 3. The Morgan fingerprint density at radius 2 is 1.58 bits per heavy atom. The van der Waals surface area contributed by atoms with E-state index in [1.807, 2.05) is 30.3 Å². The summed E-state index contributed by atoms with van der Waals surface area (Å²) in [5.41, 5.74) is 3.52. The highest BCUT2D eigenvalue weighted by atomic mass is 16.5. The Hall–Kier alpha value is -2.53. The highest BCUT2D eigenvalue weighted by Gasteiger charge is 2.01. The van der Waals surface area contributed by atoms with Crippen LogP contribution in [0.15, 0.2) is 53.5 Å². The van der Waals surface area contributed by atoms with Crippen molar-refractivity contribution in [3.63, 3.8) is 0 Å². The Morgan fingerprint density at radius 3 is 2.21 bits per heavy atom. The lowest BCUT2D eigenvalue weighted by Gasteiger charge is -2.13. The van der Waals surface area contributed by atoms with E-state index in [0.717, 1.165) is 17.3 Å². The number of rotatable bonds is 7. The number of ether oxygens (including phenoxy) is 2. The molecule has 2 aromatic carbocycles. The topological polar surface area (TPSA) is 54.9 Å². The molecule has 0 spiro atoms. The fourth-order valence-electron chi connectivity index (χ4n) is 2.33. The number of methoxy groups -OCH3 is 2. The van der Waals surface area contributed by atoms with Gasteiger partial charge in [-0.2, -0.15) is 0 Å². The van der Waals surface area contributed by atoms with Gasteiger partial charge in [-0.3, -0.25) is 4.99 Å². The molecule has 0 aliphatic heterocycles. The van der Waals surface area contributed by atoms with Crippen molar-refractivity contribution in [2.45, 2.75) is 19.7 Å². The molecule has 0 saturated carbocycles. The van der Waals surface area contributed by atoms with Crippen LogP contribution in [0.3, 0.4) is 0 Å². The van der Waals surface area contributed by atoms with Gasteiger partial charge >= 0.3 is 0 Å². The molecule has 0 heterocycles. The lowest BCUT2D eigenvalue weighted by molar-refractivity contribution is 0.185. The van der Waals surface area contributed by atoms with E-state index in [1.165, 1.54) is 11.1 Å². The number of aliphatic imine (C=N–C) groups is 1. The fourth-order valence-corrected chi connectivity index (χ4v) is 2.33. The van der Waals surface area contributed by atoms with E-state index in [1.54, 1.807) is 21.3 Å². The van der Waals surface area contributed by atoms with Gasteiger partial charge in [-0.15, -0.1) is 0 Å². The summed E-state index contributed by atoms with van der Waals surface area (Å²) in [4.78, 5) is 4.26. The maximum atomic E-state index is 5.17. The second-order valence-electron chi connectivity index (χ2n) is 5.38. The number of benzene rings is 2. The van der Waals surface area contributed by atoms with Crippen LogP contribution in [-0.2, 0) is 24.4 Å². The summed E-state index contributed by atoms with van der Waals surface area (Å²) in [6.07, 6.45) is 0. The van der Waals surface area contributed by atoms with Gasteiger partial charge in [-0.25, -0.2) is 0 Å². The van der Waals surface area contributed by atoms with E-state index in [2.05, 4.69) is 33.8 Å². The van der Waals surface area contributed by atoms with Crippen molar-refractivity contribution in [3.05, 3.63) is 65.2 Å². The lowest BCUT2D eigenvalue weighted by atomic mass is 10.1. The molecule has 0 amide bonds. The SMILES string of the molecule is CN=C(NCc1ccc(OC)cc1)NCc1cccc(COC)c1. The average Bonchev–Trinajstić information content (AvgIpc) is 2.63. The van der Waals surface area contributed by atoms with Gasteiger partial charge in [0.1, 0.15) is 5.75 Å². The Labute approximate surface area is 143 Å². The van der Waals surface area contributed by atoms with E-state index >= 15 is 0 Å². The summed E-state index contributed by atoms with van der Waals surface area (Å²) in [6.45, 7) is 2.03. The summed E-state index contributed by atoms with van der Waals surface area (Å²) in [7, 11) is 5.14. The maximum Gasteiger partial charge on any atom is 0.191 e. The van der Waals surface area contributed by atoms with E-state index in [4.69, 9.17) is 9.47 Å². The molecule has 2 N–H and O–H groups in total. The van der Waals surface area contributed by atoms with Crippen LogP contribution < -0.4 is 15.4 Å². The quantitative estimate of drug-likeness (QED) is 0.606. The van der Waals surface area contributed by atoms with Crippen molar-refractivity contribution < 1.29 is 9.47 Å². The van der Waals surface area contributed by atoms with Crippen molar-refractivity contribution in [3.8, 4) is 5.75 Å². The van der Waals surface area contributed by atoms with E-state index in [-0.39, 0.29) is 0 Å². The first kappa shape index (κ1) is 17.8. The molecule has 0 radical (unpaired) electrons. The van der Waals surface area contributed by atoms with Gasteiger partial charge < -0.3 is 20.1 Å². The van der Waals surface area contributed by atoms with Crippen LogP contribution in [0.1, 0.15) is 16.7 Å². The summed E-state index contributed by atoms with van der Waals surface area (Å²) in [6, 6.07) is 16.3. The molecule has 0 aromatic heterocycles. The third-order valence-corrected chi connectivity index (χ3v) is 3.60. The Bertz CT molecular complexity index is 654. The number of nitrogens with zero attached hydrogens (tertiary/aromatic N) is 1. The van der Waals surface area contributed by atoms with Crippen molar-refractivity contribution in [1.29, 1.82) is 0 Å². The van der Waals surface area contributed by atoms with Crippen LogP contribution in [-0.4, -0.2) is 27.2 Å². The van der Waals surface area contributed by atoms with Gasteiger partial charge in [-0.05, 0) is 28.8 Å². The lowest BCUT2D eigenvalue weighted by Crippen LogP contribution is -2.36. The third-order valence-electron chi connectivity index (χ3n) is 3.60. The molecule has 0 unspecified atom stereocenters. The minimum absolute atomic E-state index is 0.623. The van der Waals surface area contributed by atoms with Crippen LogP contribution in [0, 0.1) is 0 Å². The predicted octanol–water partition coefficient (Wildman–Crippen LogP) is 2.71. The average molecular weight is 327 g/mol. The molecule has 0 fully saturated rings. The first-order valence-electron chi connectivity index (χ1n) is 7.89. The molecule has 5 heteroatoms. The van der Waals surface area contributed by atoms with Gasteiger partial charge in [0, 0.05) is 27.2 Å². The minimum atomic E-state index is 0.623. The van der Waals surface area contributed by atoms with Gasteiger partial charge in [0.25, 0.3) is 0 Å². The Balaban J connectivity index is 1.84. The molecule has 0 atom stereocenters. The Kier molecular flexibility index (Phi) is 7.11. The van der Waals surface area contributed by atoms with Crippen molar-refractivity contribution in [2.75, 3.05) is 21.3 Å². The zero-order valence-corrected chi connectivity index (χ0v) is 14.5. The van der Waals surface area contributed by atoms with Crippen LogP contribution in [0.4, 0.5) is 0 Å². The fraction of sp³-hybridized carbons (Fsp3) is 0.316. The molecule has 0 saturated heterocycles. The second kappa shape index (κ2) is 9.57. The van der Waals surface area contributed by atoms with E-state index in [0.29, 0.717) is 19.7 Å². The molecule has 5 nitrogen and oxygen atoms in total. The molecule has 2 aromatic rings. The monoisotopic (exact) mass is 327 g/mol. The normalized spacial score (nSPS) is 11.2. The van der Waals surface area contributed by atoms with E-state index < -0.39 is 0 Å². The first-order valence-corrected chi connectivity index (χ1v) is 7.89. The molecular weight excluding hydrogens is 302 g/mol. The van der Waals surface area contributed by atoms with Crippen LogP contribution in [0.2, 0.25) is 0 Å². The summed E-state index contributed by atoms with van der Waals surface area (Å²) in [5, 5.41) is 6.63. The molecule has 0 bridgehead atoms. The van der Waals surface area contributed by atoms with Gasteiger partial charge in [0.05, 0.1) is 13.7 Å². The molecule has 128 valence electrons. The number of guanidine groups is 1. The molecule has 24 heavy (non-hydrogen) atoms. The minimum Gasteiger partial charge on any atom is -0.497 e. The predicted molar refractivity (Wildman–Crippen MR) is 97.2 cm³/mol. The summed E-state index contributed by atoms with van der Waals surface area (Å²) in [5.74, 6) is 1.63. The van der Waals surface area contributed by atoms with Crippen molar-refractivity contribution >= 4 is 5.96 Å². The van der Waals surface area contributed by atoms with Gasteiger partial charge in [0.2, 0.25) is 0 Å². The molecular formula is C19H25N3O2. The highest BCUT2D eigenvalue weighted by Crippen LogP contribution is 2.11. The standard InChI is InChI=1S/C19H25N3O2/c1-20-19(21-12-15-7-9-18(24-3)10-8-15)22-13-16-5-4-6-17(11-16)14-23-2/h4-11H,12-14H2,1-3H3,(H2,20,21,22). The van der Waals surface area contributed by atoms with Crippen molar-refractivity contribution in [2.24, 2.45) is 4.99 Å². The third kappa shape index (κ3) is 5.59. The first-order chi connectivity index (χ1) is 11.7. The van der Waals surface area contributed by atoms with E-state index in [9.17, 15) is 0 Å². The van der Waals surface area contributed by atoms with Gasteiger partial charge in [-0.1, -0.05) is 36.4 Å². The van der Waals surface area contributed by atoms with Crippen LogP contribution in [0.5, 0.6) is 5.75 Å². The smallest absolute Gasteiger partial charge is 0.191 e. The van der Waals surface area contributed by atoms with Gasteiger partial charge in [0.15, 0.2) is 5.96 Å². The van der Waals surface area contributed by atoms with Crippen LogP contribution in [0.25, 0.3) is 0 Å². The van der Waals surface area contributed by atoms with Crippen molar-refractivity contribution in [1.82, 2.24) is 10.6 Å². The summed E-state index contributed by atoms with van der Waals surface area (Å²) < 4.78 is 10.3. The Morgan fingerprint density at radius 1 is 0.917 bits per heavy atom. The summed E-state index contributed by atoms with van der Waals surface area (Å²) >= 11 is 0. The molecule has 0 aliphatic rings. The maximum absolute atomic E-state index is 5.17. The largest absolute Gasteiger partial charge is 0.497 e. The zero-order chi connectivity index (χ0) is 17.2. The van der Waals surface area contributed by atoms with Crippen LogP contribution >= 0.6 is 0 Å². The molecule has 2 rings (SSSR count). The molecule has 0 aliphatic carbocycles. The second-order valence-corrected chi connectivity index (χ2v) is 5.38. The number of nitrogens with one attached hydrogen (secondary N) is 2. The zero-order valence-electron chi connectivity index (χ0n) is 14.5.